The fourth-order valence-electron chi connectivity index (χ4n) is 5.01. The Kier molecular flexibility index (Phi) is 7.05. The molecular weight excluding hydrogens is 512 g/mol. The zero-order valence-corrected chi connectivity index (χ0v) is 22.7. The molecule has 37 heavy (non-hydrogen) atoms. The monoisotopic (exact) mass is 541 g/mol. The van der Waals surface area contributed by atoms with Gasteiger partial charge in [0.05, 0.1) is 15.7 Å². The lowest BCUT2D eigenvalue weighted by molar-refractivity contribution is -0.128. The number of fused-ring (bicyclic) bond motifs is 1. The number of likely N-dealkylation sites (tertiary alicyclic amines) is 1. The third-order valence-corrected chi connectivity index (χ3v) is 7.85. The molecule has 2 aromatic rings. The maximum absolute atomic E-state index is 13.9. The van der Waals surface area contributed by atoms with Crippen LogP contribution < -0.4 is 5.32 Å². The maximum atomic E-state index is 13.9. The van der Waals surface area contributed by atoms with E-state index >= 15 is 0 Å². The molecular formula is C28H30Cl2FN5O. The number of carbonyl (C=O) groups excluding carboxylic acids is 1. The lowest BCUT2D eigenvalue weighted by atomic mass is 9.89. The van der Waals surface area contributed by atoms with Gasteiger partial charge < -0.3 is 10.2 Å². The molecule has 0 unspecified atom stereocenters. The van der Waals surface area contributed by atoms with Crippen LogP contribution in [0.5, 0.6) is 0 Å². The Morgan fingerprint density at radius 1 is 1.08 bits per heavy atom. The number of aliphatic imine (C=N–C) groups is 1. The Morgan fingerprint density at radius 2 is 1.78 bits per heavy atom. The fourth-order valence-corrected chi connectivity index (χ4v) is 5.36. The van der Waals surface area contributed by atoms with Crippen molar-refractivity contribution in [2.75, 3.05) is 25.0 Å². The van der Waals surface area contributed by atoms with E-state index in [1.165, 1.54) is 12.1 Å². The van der Waals surface area contributed by atoms with Crippen LogP contribution in [0.3, 0.4) is 0 Å². The van der Waals surface area contributed by atoms with Gasteiger partial charge in [0.2, 0.25) is 0 Å². The highest BCUT2D eigenvalue weighted by molar-refractivity contribution is 6.43. The predicted octanol–water partition coefficient (Wildman–Crippen LogP) is 6.42. The molecule has 0 aliphatic carbocycles. The van der Waals surface area contributed by atoms with Gasteiger partial charge in [-0.25, -0.2) is 19.4 Å². The molecule has 1 amide bonds. The summed E-state index contributed by atoms with van der Waals surface area (Å²) in [5.41, 5.74) is 1.96. The molecule has 194 valence electrons. The van der Waals surface area contributed by atoms with Gasteiger partial charge in [-0.05, 0) is 75.4 Å². The van der Waals surface area contributed by atoms with Gasteiger partial charge in [-0.2, -0.15) is 0 Å². The number of hydrogen-bond acceptors (Lipinski definition) is 5. The number of rotatable bonds is 4. The predicted molar refractivity (Wildman–Crippen MR) is 147 cm³/mol. The number of carbonyl (C=O) groups is 1. The Balaban J connectivity index is 1.45. The lowest BCUT2D eigenvalue weighted by Crippen LogP contribution is -2.51. The third kappa shape index (κ3) is 5.13. The first-order valence-corrected chi connectivity index (χ1v) is 13.2. The summed E-state index contributed by atoms with van der Waals surface area (Å²) in [6.45, 7) is 8.23. The molecule has 0 aromatic heterocycles. The van der Waals surface area contributed by atoms with Crippen molar-refractivity contribution in [3.8, 4) is 0 Å². The van der Waals surface area contributed by atoms with Gasteiger partial charge >= 0.3 is 0 Å². The molecule has 0 atom stereocenters. The summed E-state index contributed by atoms with van der Waals surface area (Å²) in [7, 11) is 0. The van der Waals surface area contributed by atoms with Crippen molar-refractivity contribution >= 4 is 41.0 Å². The second-order valence-corrected chi connectivity index (χ2v) is 11.3. The normalized spacial score (nSPS) is 18.8. The number of hydrazine groups is 1. The molecule has 1 fully saturated rings. The van der Waals surface area contributed by atoms with Crippen molar-refractivity contribution in [2.24, 2.45) is 4.99 Å². The zero-order valence-electron chi connectivity index (χ0n) is 21.1. The first-order valence-electron chi connectivity index (χ1n) is 12.5. The van der Waals surface area contributed by atoms with E-state index in [-0.39, 0.29) is 17.3 Å². The molecule has 6 nitrogen and oxygen atoms in total. The van der Waals surface area contributed by atoms with Crippen LogP contribution in [0.25, 0.3) is 0 Å². The quantitative estimate of drug-likeness (QED) is 0.485. The number of hydrogen-bond donors (Lipinski definition) is 1. The number of nitrogens with one attached hydrogen (secondary N) is 1. The van der Waals surface area contributed by atoms with Gasteiger partial charge in [0, 0.05) is 31.4 Å². The summed E-state index contributed by atoms with van der Waals surface area (Å²) in [6, 6.07) is 12.1. The van der Waals surface area contributed by atoms with Crippen LogP contribution in [0.1, 0.15) is 45.1 Å². The molecule has 9 heteroatoms. The number of anilines is 1. The number of nitrogens with zero attached hydrogens (tertiary/aromatic N) is 4. The van der Waals surface area contributed by atoms with Gasteiger partial charge in [0.25, 0.3) is 5.91 Å². The van der Waals surface area contributed by atoms with Gasteiger partial charge in [-0.3, -0.25) is 4.79 Å². The number of piperidine rings is 1. The third-order valence-electron chi connectivity index (χ3n) is 7.03. The summed E-state index contributed by atoms with van der Waals surface area (Å²) in [6.07, 6.45) is 5.31. The Bertz CT molecular complexity index is 1290. The van der Waals surface area contributed by atoms with Crippen molar-refractivity contribution in [1.82, 2.24) is 14.9 Å². The summed E-state index contributed by atoms with van der Waals surface area (Å²) in [5.74, 6) is 1.32. The second kappa shape index (κ2) is 10.1. The topological polar surface area (TPSA) is 51.2 Å². The molecule has 0 bridgehead atoms. The largest absolute Gasteiger partial charge is 0.339 e. The minimum atomic E-state index is -0.237. The van der Waals surface area contributed by atoms with E-state index in [4.69, 9.17) is 23.2 Å². The first-order chi connectivity index (χ1) is 17.6. The van der Waals surface area contributed by atoms with Crippen LogP contribution in [0.4, 0.5) is 10.1 Å². The zero-order chi connectivity index (χ0) is 26.3. The molecule has 5 rings (SSSR count). The Morgan fingerprint density at radius 3 is 2.46 bits per heavy atom. The van der Waals surface area contributed by atoms with E-state index in [2.05, 4.69) is 36.1 Å². The van der Waals surface area contributed by atoms with Crippen molar-refractivity contribution < 1.29 is 9.18 Å². The number of halogens is 3. The van der Waals surface area contributed by atoms with E-state index in [0.717, 1.165) is 24.2 Å². The average Bonchev–Trinajstić information content (AvgIpc) is 3.33. The Labute approximate surface area is 227 Å². The number of benzene rings is 2. The van der Waals surface area contributed by atoms with Crippen molar-refractivity contribution in [3.63, 3.8) is 0 Å². The SMILES string of the molecule is CC(C)(C)N1CC=C2N=CC(C(=O)N3CCC(c4ccc(F)cc4)CC3)=C(Nc3cccc(Cl)c3Cl)N21. The van der Waals surface area contributed by atoms with Gasteiger partial charge in [-0.1, -0.05) is 41.4 Å². The minimum absolute atomic E-state index is 0.0956. The van der Waals surface area contributed by atoms with Crippen molar-refractivity contribution in [3.05, 3.63) is 87.2 Å². The van der Waals surface area contributed by atoms with E-state index in [0.29, 0.717) is 52.7 Å². The molecule has 0 saturated carbocycles. The van der Waals surface area contributed by atoms with Gasteiger partial charge in [-0.15, -0.1) is 0 Å². The van der Waals surface area contributed by atoms with Crippen LogP contribution in [0.15, 0.2) is 70.7 Å². The number of amides is 1. The molecule has 3 heterocycles. The van der Waals surface area contributed by atoms with E-state index < -0.39 is 0 Å². The van der Waals surface area contributed by atoms with E-state index in [1.807, 2.05) is 40.3 Å². The summed E-state index contributed by atoms with van der Waals surface area (Å²) in [4.78, 5) is 20.4. The van der Waals surface area contributed by atoms with Crippen LogP contribution in [-0.2, 0) is 4.79 Å². The smallest absolute Gasteiger partial charge is 0.259 e. The molecule has 3 aliphatic rings. The standard InChI is InChI=1S/C28H30Cl2FN5O/c1-28(2,3)35-16-13-24-32-17-21(26(36(24)35)33-23-6-4-5-22(29)25(23)30)27(37)34-14-11-19(12-15-34)18-7-9-20(31)10-8-18/h4-10,13,17,19,33H,11-12,14-16H2,1-3H3. The van der Waals surface area contributed by atoms with Gasteiger partial charge in [0.15, 0.2) is 0 Å². The fraction of sp³-hybridized carbons (Fsp3) is 0.357. The molecule has 1 saturated heterocycles. The highest BCUT2D eigenvalue weighted by Crippen LogP contribution is 2.38. The van der Waals surface area contributed by atoms with Crippen LogP contribution in [0.2, 0.25) is 10.0 Å². The highest BCUT2D eigenvalue weighted by atomic mass is 35.5. The summed E-state index contributed by atoms with van der Waals surface area (Å²) in [5, 5.41) is 8.35. The molecule has 2 aromatic carbocycles. The van der Waals surface area contributed by atoms with E-state index in [1.54, 1.807) is 12.3 Å². The van der Waals surface area contributed by atoms with Crippen molar-refractivity contribution in [2.45, 2.75) is 45.1 Å². The van der Waals surface area contributed by atoms with Crippen LogP contribution >= 0.6 is 23.2 Å². The van der Waals surface area contributed by atoms with Crippen LogP contribution in [-0.4, -0.2) is 52.2 Å². The summed E-state index contributed by atoms with van der Waals surface area (Å²) < 4.78 is 13.4. The van der Waals surface area contributed by atoms with Crippen LogP contribution in [0, 0.1) is 5.82 Å². The van der Waals surface area contributed by atoms with Crippen molar-refractivity contribution in [1.29, 1.82) is 0 Å². The first kappa shape index (κ1) is 25.8. The molecule has 1 N–H and O–H groups in total. The molecule has 0 spiro atoms. The molecule has 3 aliphatic heterocycles. The van der Waals surface area contributed by atoms with E-state index in [9.17, 15) is 9.18 Å². The minimum Gasteiger partial charge on any atom is -0.339 e. The maximum Gasteiger partial charge on any atom is 0.259 e. The molecule has 0 radical (unpaired) electrons. The lowest BCUT2D eigenvalue weighted by Gasteiger charge is -2.43. The summed E-state index contributed by atoms with van der Waals surface area (Å²) >= 11 is 12.8. The average molecular weight is 542 g/mol. The Hall–Kier alpha value is -2.87. The second-order valence-electron chi connectivity index (χ2n) is 10.5. The van der Waals surface area contributed by atoms with Gasteiger partial charge in [0.1, 0.15) is 23.0 Å². The highest BCUT2D eigenvalue weighted by Gasteiger charge is 2.39.